The molecule has 0 radical (unpaired) electrons. The van der Waals surface area contributed by atoms with E-state index in [9.17, 15) is 9.59 Å². The molecule has 0 fully saturated rings. The Hall–Kier alpha value is -3.55. The molecule has 0 aliphatic rings. The summed E-state index contributed by atoms with van der Waals surface area (Å²) in [5.74, 6) is -0.558. The molecule has 0 atom stereocenters. The molecule has 1 amide bonds. The van der Waals surface area contributed by atoms with Crippen LogP contribution in [-0.2, 0) is 0 Å². The Kier molecular flexibility index (Phi) is 5.83. The first-order valence-corrected chi connectivity index (χ1v) is 10.0. The highest BCUT2D eigenvalue weighted by molar-refractivity contribution is 7.21. The molecule has 0 spiro atoms. The highest BCUT2D eigenvalue weighted by Gasteiger charge is 2.19. The largest absolute Gasteiger partial charge is 0.422 e. The van der Waals surface area contributed by atoms with Crippen molar-refractivity contribution in [3.63, 3.8) is 0 Å². The van der Waals surface area contributed by atoms with Crippen molar-refractivity contribution in [2.75, 3.05) is 0 Å². The zero-order valence-electron chi connectivity index (χ0n) is 15.4. The fourth-order valence-corrected chi connectivity index (χ4v) is 4.07. The van der Waals surface area contributed by atoms with E-state index in [-0.39, 0.29) is 5.91 Å². The zero-order valence-corrected chi connectivity index (χ0v) is 17.0. The monoisotopic (exact) mass is 435 g/mol. The van der Waals surface area contributed by atoms with Gasteiger partial charge in [-0.05, 0) is 35.9 Å². The van der Waals surface area contributed by atoms with Crippen LogP contribution in [0.2, 0.25) is 5.02 Å². The number of benzene rings is 2. The Morgan fingerprint density at radius 1 is 1.10 bits per heavy atom. The van der Waals surface area contributed by atoms with Gasteiger partial charge in [0, 0.05) is 22.5 Å². The molecule has 0 unspecified atom stereocenters. The number of hydrazone groups is 1. The van der Waals surface area contributed by atoms with Crippen molar-refractivity contribution in [3.05, 3.63) is 94.1 Å². The zero-order chi connectivity index (χ0) is 20.9. The van der Waals surface area contributed by atoms with Crippen LogP contribution < -0.4 is 10.2 Å². The van der Waals surface area contributed by atoms with Gasteiger partial charge in [-0.2, -0.15) is 5.10 Å². The number of nitrogens with one attached hydrogen (secondary N) is 1. The van der Waals surface area contributed by atoms with Gasteiger partial charge in [-0.25, -0.2) is 10.2 Å². The molecule has 0 saturated heterocycles. The van der Waals surface area contributed by atoms with E-state index in [1.54, 1.807) is 42.6 Å². The number of rotatable bonds is 5. The van der Waals surface area contributed by atoms with Gasteiger partial charge in [-0.15, -0.1) is 11.3 Å². The number of thiophene rings is 1. The van der Waals surface area contributed by atoms with Crippen molar-refractivity contribution in [2.45, 2.75) is 0 Å². The summed E-state index contributed by atoms with van der Waals surface area (Å²) < 4.78 is 6.39. The minimum absolute atomic E-state index is 0.344. The number of carbonyl (C=O) groups excluding carboxylic acids is 2. The number of pyridine rings is 1. The topological polar surface area (TPSA) is 80.6 Å². The number of nitrogens with zero attached hydrogens (tertiary/aromatic N) is 2. The van der Waals surface area contributed by atoms with Crippen LogP contribution in [0, 0.1) is 0 Å². The third-order valence-corrected chi connectivity index (χ3v) is 5.75. The molecule has 0 saturated carbocycles. The van der Waals surface area contributed by atoms with Crippen LogP contribution in [0.5, 0.6) is 5.75 Å². The predicted octanol–water partition coefficient (Wildman–Crippen LogP) is 4.93. The Morgan fingerprint density at radius 2 is 1.97 bits per heavy atom. The molecule has 30 heavy (non-hydrogen) atoms. The summed E-state index contributed by atoms with van der Waals surface area (Å²) in [5, 5.41) is 5.13. The van der Waals surface area contributed by atoms with Crippen LogP contribution in [0.3, 0.4) is 0 Å². The first-order valence-electron chi connectivity index (χ1n) is 8.84. The number of fused-ring (bicyclic) bond motifs is 1. The summed E-state index contributed by atoms with van der Waals surface area (Å²) in [6.07, 6.45) is 4.49. The minimum atomic E-state index is -0.528. The van der Waals surface area contributed by atoms with E-state index >= 15 is 0 Å². The van der Waals surface area contributed by atoms with Crippen LogP contribution in [0.25, 0.3) is 10.1 Å². The molecule has 4 rings (SSSR count). The fourth-order valence-electron chi connectivity index (χ4n) is 2.68. The third kappa shape index (κ3) is 4.37. The second-order valence-corrected chi connectivity index (χ2v) is 7.57. The summed E-state index contributed by atoms with van der Waals surface area (Å²) in [7, 11) is 0. The van der Waals surface area contributed by atoms with E-state index in [2.05, 4.69) is 15.5 Å². The number of esters is 1. The van der Waals surface area contributed by atoms with Gasteiger partial charge >= 0.3 is 5.97 Å². The second-order valence-electron chi connectivity index (χ2n) is 6.14. The number of aromatic nitrogens is 1. The van der Waals surface area contributed by atoms with Crippen molar-refractivity contribution in [1.82, 2.24) is 10.4 Å². The average Bonchev–Trinajstić information content (AvgIpc) is 3.11. The number of carbonyl (C=O) groups is 2. The Balaban J connectivity index is 1.44. The van der Waals surface area contributed by atoms with Gasteiger partial charge in [0.25, 0.3) is 5.91 Å². The molecule has 0 aliphatic carbocycles. The SMILES string of the molecule is O=C(N/N=C/c1cccc(OC(=O)c2sc3ccccc3c2Cl)c1)c1cccnc1. The summed E-state index contributed by atoms with van der Waals surface area (Å²) in [5.41, 5.74) is 3.47. The maximum atomic E-state index is 12.6. The molecule has 8 heteroatoms. The lowest BCUT2D eigenvalue weighted by Gasteiger charge is -2.04. The van der Waals surface area contributed by atoms with Gasteiger partial charge in [0.15, 0.2) is 0 Å². The number of amides is 1. The average molecular weight is 436 g/mol. The van der Waals surface area contributed by atoms with Gasteiger partial charge in [-0.3, -0.25) is 9.78 Å². The van der Waals surface area contributed by atoms with Gasteiger partial charge in [0.2, 0.25) is 0 Å². The number of ether oxygens (including phenoxy) is 1. The first-order chi connectivity index (χ1) is 14.6. The second kappa shape index (κ2) is 8.86. The van der Waals surface area contributed by atoms with E-state index in [1.807, 2.05) is 24.3 Å². The van der Waals surface area contributed by atoms with Crippen molar-refractivity contribution >= 4 is 51.1 Å². The number of halogens is 1. The Bertz CT molecular complexity index is 1250. The van der Waals surface area contributed by atoms with Crippen LogP contribution in [0.15, 0.2) is 78.2 Å². The normalized spacial score (nSPS) is 11.0. The molecular weight excluding hydrogens is 422 g/mol. The first kappa shape index (κ1) is 19.8. The fraction of sp³-hybridized carbons (Fsp3) is 0. The molecular formula is C22H14ClN3O3S. The highest BCUT2D eigenvalue weighted by atomic mass is 35.5. The standard InChI is InChI=1S/C22H14ClN3O3S/c23-19-17-8-1-2-9-18(17)30-20(19)22(28)29-16-7-3-5-14(11-16)12-25-26-21(27)15-6-4-10-24-13-15/h1-13H,(H,26,27)/b25-12+. The van der Waals surface area contributed by atoms with Gasteiger partial charge in [-0.1, -0.05) is 41.9 Å². The highest BCUT2D eigenvalue weighted by Crippen LogP contribution is 2.35. The molecule has 2 aromatic heterocycles. The minimum Gasteiger partial charge on any atom is -0.422 e. The van der Waals surface area contributed by atoms with E-state index in [4.69, 9.17) is 16.3 Å². The smallest absolute Gasteiger partial charge is 0.355 e. The summed E-state index contributed by atoms with van der Waals surface area (Å²) in [6.45, 7) is 0. The molecule has 148 valence electrons. The van der Waals surface area contributed by atoms with Crippen LogP contribution in [-0.4, -0.2) is 23.1 Å². The molecule has 2 aromatic carbocycles. The lowest BCUT2D eigenvalue weighted by atomic mass is 10.2. The maximum absolute atomic E-state index is 12.6. The van der Waals surface area contributed by atoms with Crippen LogP contribution >= 0.6 is 22.9 Å². The lowest BCUT2D eigenvalue weighted by Crippen LogP contribution is -2.17. The molecule has 4 aromatic rings. The molecule has 6 nitrogen and oxygen atoms in total. The summed E-state index contributed by atoms with van der Waals surface area (Å²) in [4.78, 5) is 28.8. The van der Waals surface area contributed by atoms with E-state index in [0.29, 0.717) is 26.8 Å². The Labute approximate surface area is 180 Å². The number of hydrogen-bond acceptors (Lipinski definition) is 6. The lowest BCUT2D eigenvalue weighted by molar-refractivity contribution is 0.0740. The summed E-state index contributed by atoms with van der Waals surface area (Å²) in [6, 6.07) is 17.6. The van der Waals surface area contributed by atoms with Crippen molar-refractivity contribution < 1.29 is 14.3 Å². The van der Waals surface area contributed by atoms with Crippen molar-refractivity contribution in [1.29, 1.82) is 0 Å². The van der Waals surface area contributed by atoms with Crippen molar-refractivity contribution in [3.8, 4) is 5.75 Å². The summed E-state index contributed by atoms with van der Waals surface area (Å²) >= 11 is 7.63. The molecule has 0 bridgehead atoms. The maximum Gasteiger partial charge on any atom is 0.355 e. The van der Waals surface area contributed by atoms with Crippen LogP contribution in [0.1, 0.15) is 25.6 Å². The Morgan fingerprint density at radius 3 is 2.77 bits per heavy atom. The van der Waals surface area contributed by atoms with Gasteiger partial charge < -0.3 is 4.74 Å². The molecule has 2 heterocycles. The molecule has 1 N–H and O–H groups in total. The van der Waals surface area contributed by atoms with E-state index in [1.165, 1.54) is 23.7 Å². The third-order valence-electron chi connectivity index (χ3n) is 4.09. The van der Waals surface area contributed by atoms with Crippen molar-refractivity contribution in [2.24, 2.45) is 5.10 Å². The predicted molar refractivity (Wildman–Crippen MR) is 118 cm³/mol. The van der Waals surface area contributed by atoms with Gasteiger partial charge in [0.05, 0.1) is 16.8 Å². The molecule has 0 aliphatic heterocycles. The van der Waals surface area contributed by atoms with Gasteiger partial charge in [0.1, 0.15) is 10.6 Å². The van der Waals surface area contributed by atoms with E-state index in [0.717, 1.165) is 10.1 Å². The van der Waals surface area contributed by atoms with E-state index < -0.39 is 5.97 Å². The van der Waals surface area contributed by atoms with Crippen LogP contribution in [0.4, 0.5) is 0 Å². The number of hydrogen-bond donors (Lipinski definition) is 1. The quantitative estimate of drug-likeness (QED) is 0.208.